The predicted molar refractivity (Wildman–Crippen MR) is 64.2 cm³/mol. The molecule has 0 aliphatic rings. The van der Waals surface area contributed by atoms with Crippen LogP contribution in [0.15, 0.2) is 6.07 Å². The van der Waals surface area contributed by atoms with Crippen LogP contribution in [0.3, 0.4) is 0 Å². The Morgan fingerprint density at radius 2 is 1.93 bits per heavy atom. The van der Waals surface area contributed by atoms with Gasteiger partial charge in [0.1, 0.15) is 7.40 Å². The number of alkyl halides is 3. The van der Waals surface area contributed by atoms with Gasteiger partial charge in [-0.15, -0.1) is 13.2 Å². The molecule has 0 unspecified atom stereocenters. The minimum absolute atomic E-state index is 0.121. The summed E-state index contributed by atoms with van der Waals surface area (Å²) in [5.41, 5.74) is 5.87. The quantitative estimate of drug-likeness (QED) is 0.564. The summed E-state index contributed by atoms with van der Waals surface area (Å²) in [7, 11) is 0. The Hall–Kier alpha value is 0.160. The smallest absolute Gasteiger partial charge is 0.403 e. The average Bonchev–Trinajstić information content (AvgIpc) is 2.07. The second-order valence-corrected chi connectivity index (χ2v) is 4.52. The molecular formula is C7H5F3I2N2O. The van der Waals surface area contributed by atoms with E-state index in [9.17, 15) is 13.2 Å². The Balaban J connectivity index is 3.08. The third-order valence-electron chi connectivity index (χ3n) is 1.42. The van der Waals surface area contributed by atoms with Crippen LogP contribution in [0.25, 0.3) is 0 Å². The lowest BCUT2D eigenvalue weighted by Gasteiger charge is -2.11. The fraction of sp³-hybridized carbons (Fsp3) is 0.286. The zero-order chi connectivity index (χ0) is 11.6. The van der Waals surface area contributed by atoms with Crippen LogP contribution in [0.2, 0.25) is 0 Å². The van der Waals surface area contributed by atoms with Crippen molar-refractivity contribution in [2.75, 3.05) is 0 Å². The van der Waals surface area contributed by atoms with Gasteiger partial charge in [-0.3, -0.25) is 0 Å². The van der Waals surface area contributed by atoms with Gasteiger partial charge < -0.3 is 10.5 Å². The highest BCUT2D eigenvalue weighted by Gasteiger charge is 2.32. The van der Waals surface area contributed by atoms with Crippen LogP contribution < -0.4 is 10.5 Å². The minimum Gasteiger partial charge on any atom is -0.403 e. The van der Waals surface area contributed by atoms with Gasteiger partial charge in [0.05, 0.1) is 0 Å². The highest BCUT2D eigenvalue weighted by atomic mass is 127. The highest BCUT2D eigenvalue weighted by molar-refractivity contribution is 14.1. The van der Waals surface area contributed by atoms with Crippen LogP contribution >= 0.6 is 45.2 Å². The molecule has 0 radical (unpaired) electrons. The molecule has 0 aromatic carbocycles. The van der Waals surface area contributed by atoms with E-state index < -0.39 is 6.36 Å². The first kappa shape index (κ1) is 13.2. The molecule has 0 amide bonds. The molecule has 0 saturated heterocycles. The molecule has 2 N–H and O–H groups in total. The monoisotopic (exact) mass is 444 g/mol. The van der Waals surface area contributed by atoms with Crippen molar-refractivity contribution in [2.45, 2.75) is 12.9 Å². The van der Waals surface area contributed by atoms with Gasteiger partial charge in [-0.1, -0.05) is 0 Å². The molecule has 84 valence electrons. The summed E-state index contributed by atoms with van der Waals surface area (Å²) in [6.45, 7) is 0.121. The molecule has 0 saturated carbocycles. The van der Waals surface area contributed by atoms with Gasteiger partial charge in [-0.25, -0.2) is 4.98 Å². The Morgan fingerprint density at radius 3 is 2.40 bits per heavy atom. The number of nitrogens with zero attached hydrogens (tertiary/aromatic N) is 1. The lowest BCUT2D eigenvalue weighted by Crippen LogP contribution is -2.19. The van der Waals surface area contributed by atoms with Gasteiger partial charge in [-0.2, -0.15) is 0 Å². The summed E-state index contributed by atoms with van der Waals surface area (Å²) in [6.07, 6.45) is -4.71. The second kappa shape index (κ2) is 4.99. The first-order valence-electron chi connectivity index (χ1n) is 3.64. The van der Waals surface area contributed by atoms with E-state index in [0.29, 0.717) is 9.26 Å². The molecule has 0 aliphatic carbocycles. The summed E-state index contributed by atoms with van der Waals surface area (Å²) in [5.74, 6) is -0.316. The third kappa shape index (κ3) is 3.90. The first-order valence-corrected chi connectivity index (χ1v) is 5.80. The van der Waals surface area contributed by atoms with E-state index >= 15 is 0 Å². The van der Waals surface area contributed by atoms with E-state index in [4.69, 9.17) is 5.73 Å². The summed E-state index contributed by atoms with van der Waals surface area (Å²) < 4.78 is 40.5. The first-order chi connectivity index (χ1) is 6.83. The molecule has 15 heavy (non-hydrogen) atoms. The highest BCUT2D eigenvalue weighted by Crippen LogP contribution is 2.28. The number of hydrogen-bond donors (Lipinski definition) is 1. The molecule has 1 heterocycles. The van der Waals surface area contributed by atoms with E-state index in [1.165, 1.54) is 6.07 Å². The Bertz CT molecular complexity index is 370. The maximum Gasteiger partial charge on any atom is 0.573 e. The van der Waals surface area contributed by atoms with Crippen LogP contribution in [0.5, 0.6) is 5.75 Å². The minimum atomic E-state index is -4.71. The molecule has 1 aromatic heterocycles. The van der Waals surface area contributed by atoms with Crippen molar-refractivity contribution in [3.05, 3.63) is 19.0 Å². The van der Waals surface area contributed by atoms with Crippen LogP contribution in [0, 0.1) is 7.40 Å². The lowest BCUT2D eigenvalue weighted by atomic mass is 10.3. The van der Waals surface area contributed by atoms with E-state index in [0.717, 1.165) is 0 Å². The van der Waals surface area contributed by atoms with Gasteiger partial charge in [0.2, 0.25) is 0 Å². The summed E-state index contributed by atoms with van der Waals surface area (Å²) in [5, 5.41) is 0. The molecule has 3 nitrogen and oxygen atoms in total. The van der Waals surface area contributed by atoms with Crippen molar-refractivity contribution in [2.24, 2.45) is 5.73 Å². The Morgan fingerprint density at radius 1 is 1.33 bits per heavy atom. The number of hydrogen-bond acceptors (Lipinski definition) is 3. The number of pyridine rings is 1. The predicted octanol–water partition coefficient (Wildman–Crippen LogP) is 2.65. The van der Waals surface area contributed by atoms with Crippen molar-refractivity contribution in [1.82, 2.24) is 4.98 Å². The van der Waals surface area contributed by atoms with E-state index in [1.54, 1.807) is 22.6 Å². The molecule has 8 heteroatoms. The molecular weight excluding hydrogens is 439 g/mol. The topological polar surface area (TPSA) is 48.1 Å². The van der Waals surface area contributed by atoms with Crippen LogP contribution in [-0.4, -0.2) is 11.3 Å². The van der Waals surface area contributed by atoms with E-state index in [2.05, 4.69) is 9.72 Å². The standard InChI is InChI=1S/C7H5F3I2N2O/c8-7(9,10)15-4-1-3(2-13)5(11)14-6(4)12/h1H,2,13H2. The Kier molecular flexibility index (Phi) is 4.40. The van der Waals surface area contributed by atoms with Gasteiger partial charge >= 0.3 is 6.36 Å². The lowest BCUT2D eigenvalue weighted by molar-refractivity contribution is -0.275. The summed E-state index contributed by atoms with van der Waals surface area (Å²) in [4.78, 5) is 3.90. The summed E-state index contributed by atoms with van der Waals surface area (Å²) in [6, 6.07) is 1.25. The zero-order valence-corrected chi connectivity index (χ0v) is 11.4. The maximum absolute atomic E-state index is 12.0. The second-order valence-electron chi connectivity index (χ2n) is 2.48. The van der Waals surface area contributed by atoms with Crippen LogP contribution in [-0.2, 0) is 6.54 Å². The molecule has 1 aromatic rings. The SMILES string of the molecule is NCc1cc(OC(F)(F)F)c(I)nc1I. The summed E-state index contributed by atoms with van der Waals surface area (Å²) >= 11 is 3.58. The van der Waals surface area contributed by atoms with Crippen molar-refractivity contribution in [3.63, 3.8) is 0 Å². The van der Waals surface area contributed by atoms with Gasteiger partial charge in [-0.05, 0) is 51.2 Å². The largest absolute Gasteiger partial charge is 0.573 e. The van der Waals surface area contributed by atoms with Crippen molar-refractivity contribution < 1.29 is 17.9 Å². The van der Waals surface area contributed by atoms with Gasteiger partial charge in [0.25, 0.3) is 0 Å². The number of halogens is 5. The molecule has 0 bridgehead atoms. The molecule has 0 atom stereocenters. The average molecular weight is 444 g/mol. The van der Waals surface area contributed by atoms with E-state index in [1.807, 2.05) is 22.6 Å². The van der Waals surface area contributed by atoms with Crippen molar-refractivity contribution in [3.8, 4) is 5.75 Å². The Labute approximate surface area is 111 Å². The normalized spacial score (nSPS) is 11.6. The number of nitrogens with two attached hydrogens (primary N) is 1. The van der Waals surface area contributed by atoms with Gasteiger partial charge in [0, 0.05) is 12.1 Å². The number of rotatable bonds is 2. The molecule has 0 spiro atoms. The fourth-order valence-corrected chi connectivity index (χ4v) is 2.42. The number of aromatic nitrogens is 1. The number of ether oxygens (including phenoxy) is 1. The molecule has 0 aliphatic heterocycles. The van der Waals surface area contributed by atoms with Crippen molar-refractivity contribution in [1.29, 1.82) is 0 Å². The molecule has 1 rings (SSSR count). The van der Waals surface area contributed by atoms with Crippen molar-refractivity contribution >= 4 is 45.2 Å². The van der Waals surface area contributed by atoms with Crippen LogP contribution in [0.4, 0.5) is 13.2 Å². The fourth-order valence-electron chi connectivity index (χ4n) is 0.830. The third-order valence-corrected chi connectivity index (χ3v) is 3.12. The zero-order valence-electron chi connectivity index (χ0n) is 7.11. The van der Waals surface area contributed by atoms with E-state index in [-0.39, 0.29) is 16.0 Å². The van der Waals surface area contributed by atoms with Crippen LogP contribution in [0.1, 0.15) is 5.56 Å². The maximum atomic E-state index is 12.0. The molecule has 0 fully saturated rings. The van der Waals surface area contributed by atoms with Gasteiger partial charge in [0.15, 0.2) is 5.75 Å².